The van der Waals surface area contributed by atoms with E-state index < -0.39 is 5.97 Å². The number of nitrogens with one attached hydrogen (secondary N) is 2. The molecule has 26 heavy (non-hydrogen) atoms. The lowest BCUT2D eigenvalue weighted by atomic mass is 10.1. The van der Waals surface area contributed by atoms with Gasteiger partial charge in [-0.1, -0.05) is 12.1 Å². The van der Waals surface area contributed by atoms with Gasteiger partial charge in [0.1, 0.15) is 5.69 Å². The Balaban J connectivity index is 1.85. The average molecular weight is 359 g/mol. The number of fused-ring (bicyclic) bond motifs is 1. The number of aryl methyl sites for hydroxylation is 1. The summed E-state index contributed by atoms with van der Waals surface area (Å²) in [5, 5.41) is 3.74. The number of ether oxygens (including phenoxy) is 2. The molecule has 140 valence electrons. The molecule has 0 saturated carbocycles. The molecule has 2 N–H and O–H groups in total. The van der Waals surface area contributed by atoms with Crippen molar-refractivity contribution in [3.8, 4) is 0 Å². The first kappa shape index (κ1) is 18.4. The Morgan fingerprint density at radius 3 is 2.65 bits per heavy atom. The van der Waals surface area contributed by atoms with Crippen molar-refractivity contribution >= 4 is 28.5 Å². The maximum Gasteiger partial charge on any atom is 0.356 e. The van der Waals surface area contributed by atoms with Crippen LogP contribution in [-0.2, 0) is 14.3 Å². The van der Waals surface area contributed by atoms with E-state index in [1.54, 1.807) is 0 Å². The summed E-state index contributed by atoms with van der Waals surface area (Å²) in [6.07, 6.45) is 0.181. The number of morpholine rings is 1. The molecular formula is C19H25N3O4. The van der Waals surface area contributed by atoms with E-state index in [0.29, 0.717) is 18.8 Å². The Labute approximate surface area is 152 Å². The molecule has 1 aromatic heterocycles. The summed E-state index contributed by atoms with van der Waals surface area (Å²) in [6, 6.07) is 5.71. The summed E-state index contributed by atoms with van der Waals surface area (Å²) in [5.41, 5.74) is 2.49. The first-order valence-corrected chi connectivity index (χ1v) is 8.76. The Kier molecular flexibility index (Phi) is 5.29. The monoisotopic (exact) mass is 359 g/mol. The molecule has 2 atom stereocenters. The Morgan fingerprint density at radius 2 is 2.00 bits per heavy atom. The number of hydrogen-bond acceptors (Lipinski definition) is 5. The summed E-state index contributed by atoms with van der Waals surface area (Å²) in [7, 11) is 1.32. The molecule has 1 aliphatic heterocycles. The summed E-state index contributed by atoms with van der Waals surface area (Å²) in [4.78, 5) is 29.9. The number of methoxy groups -OCH3 is 1. The van der Waals surface area contributed by atoms with Crippen molar-refractivity contribution in [2.75, 3.05) is 32.1 Å². The number of esters is 1. The molecule has 0 radical (unpaired) electrons. The first-order chi connectivity index (χ1) is 12.4. The molecule has 2 aromatic rings. The van der Waals surface area contributed by atoms with Gasteiger partial charge in [-0.3, -0.25) is 9.69 Å². The first-order valence-electron chi connectivity index (χ1n) is 8.76. The van der Waals surface area contributed by atoms with Gasteiger partial charge in [0, 0.05) is 24.0 Å². The van der Waals surface area contributed by atoms with E-state index in [4.69, 9.17) is 9.47 Å². The fourth-order valence-corrected chi connectivity index (χ4v) is 3.60. The van der Waals surface area contributed by atoms with E-state index in [9.17, 15) is 9.59 Å². The van der Waals surface area contributed by atoms with Gasteiger partial charge in [0.05, 0.1) is 31.5 Å². The zero-order valence-electron chi connectivity index (χ0n) is 15.6. The van der Waals surface area contributed by atoms with Crippen LogP contribution in [0.25, 0.3) is 10.9 Å². The lowest BCUT2D eigenvalue weighted by Crippen LogP contribution is -2.48. The highest BCUT2D eigenvalue weighted by Gasteiger charge is 2.26. The molecule has 0 unspecified atom stereocenters. The minimum absolute atomic E-state index is 0.0903. The third kappa shape index (κ3) is 3.73. The molecule has 3 rings (SSSR count). The zero-order chi connectivity index (χ0) is 18.8. The smallest absolute Gasteiger partial charge is 0.356 e. The summed E-state index contributed by atoms with van der Waals surface area (Å²) in [5.74, 6) is -0.676. The van der Waals surface area contributed by atoms with Crippen molar-refractivity contribution in [1.82, 2.24) is 9.88 Å². The van der Waals surface area contributed by atoms with E-state index >= 15 is 0 Å². The number of carbonyl (C=O) groups is 2. The fourth-order valence-electron chi connectivity index (χ4n) is 3.60. The van der Waals surface area contributed by atoms with Crippen molar-refractivity contribution in [3.63, 3.8) is 0 Å². The highest BCUT2D eigenvalue weighted by atomic mass is 16.5. The molecule has 7 nitrogen and oxygen atoms in total. The van der Waals surface area contributed by atoms with Gasteiger partial charge in [-0.05, 0) is 32.4 Å². The fraction of sp³-hybridized carbons (Fsp3) is 0.474. The number of carbonyl (C=O) groups excluding carboxylic acids is 2. The quantitative estimate of drug-likeness (QED) is 0.819. The molecular weight excluding hydrogens is 334 g/mol. The lowest BCUT2D eigenvalue weighted by Gasteiger charge is -2.34. The second-order valence-corrected chi connectivity index (χ2v) is 6.86. The van der Waals surface area contributed by atoms with Crippen LogP contribution in [0.2, 0.25) is 0 Å². The maximum atomic E-state index is 12.7. The van der Waals surface area contributed by atoms with Crippen LogP contribution in [0, 0.1) is 6.92 Å². The van der Waals surface area contributed by atoms with Gasteiger partial charge in [0.25, 0.3) is 0 Å². The molecule has 1 saturated heterocycles. The number of nitrogens with zero attached hydrogens (tertiary/aromatic N) is 1. The van der Waals surface area contributed by atoms with Crippen molar-refractivity contribution in [3.05, 3.63) is 29.5 Å². The Bertz CT molecular complexity index is 820. The van der Waals surface area contributed by atoms with Gasteiger partial charge in [0.15, 0.2) is 0 Å². The number of amides is 1. The number of rotatable bonds is 4. The molecule has 1 aromatic carbocycles. The molecule has 1 fully saturated rings. The molecule has 0 bridgehead atoms. The highest BCUT2D eigenvalue weighted by molar-refractivity contribution is 6.12. The van der Waals surface area contributed by atoms with Crippen LogP contribution in [0.3, 0.4) is 0 Å². The van der Waals surface area contributed by atoms with Crippen LogP contribution >= 0.6 is 0 Å². The zero-order valence-corrected chi connectivity index (χ0v) is 15.6. The largest absolute Gasteiger partial charge is 0.464 e. The molecule has 0 spiro atoms. The molecule has 2 heterocycles. The predicted octanol–water partition coefficient (Wildman–Crippen LogP) is 2.31. The molecule has 1 aliphatic rings. The number of aromatic amines is 1. The number of hydrogen-bond donors (Lipinski definition) is 2. The van der Waals surface area contributed by atoms with Gasteiger partial charge in [-0.15, -0.1) is 0 Å². The minimum Gasteiger partial charge on any atom is -0.464 e. The predicted molar refractivity (Wildman–Crippen MR) is 99.5 cm³/mol. The third-order valence-corrected chi connectivity index (χ3v) is 4.55. The van der Waals surface area contributed by atoms with Crippen LogP contribution < -0.4 is 5.32 Å². The standard InChI is InChI=1S/C19H25N3O4/c1-11-6-5-7-14-16(11)17(18(20-14)19(24)25-4)21-15(23)10-22-8-12(2)26-13(3)9-22/h5-7,12-13,20H,8-10H2,1-4H3,(H,21,23)/t12-,13-/m0/s1. The van der Waals surface area contributed by atoms with Gasteiger partial charge < -0.3 is 19.8 Å². The van der Waals surface area contributed by atoms with Gasteiger partial charge in [0.2, 0.25) is 5.91 Å². The van der Waals surface area contributed by atoms with E-state index in [1.807, 2.05) is 39.0 Å². The van der Waals surface area contributed by atoms with E-state index in [0.717, 1.165) is 16.5 Å². The topological polar surface area (TPSA) is 83.7 Å². The van der Waals surface area contributed by atoms with Crippen molar-refractivity contribution in [2.24, 2.45) is 0 Å². The van der Waals surface area contributed by atoms with Crippen LogP contribution in [0.4, 0.5) is 5.69 Å². The number of benzene rings is 1. The maximum absolute atomic E-state index is 12.7. The van der Waals surface area contributed by atoms with Crippen molar-refractivity contribution in [1.29, 1.82) is 0 Å². The molecule has 1 amide bonds. The Morgan fingerprint density at radius 1 is 1.31 bits per heavy atom. The second kappa shape index (κ2) is 7.47. The highest BCUT2D eigenvalue weighted by Crippen LogP contribution is 2.31. The van der Waals surface area contributed by atoms with Crippen LogP contribution in [-0.4, -0.2) is 60.7 Å². The van der Waals surface area contributed by atoms with Crippen molar-refractivity contribution in [2.45, 2.75) is 33.0 Å². The normalized spacial score (nSPS) is 20.9. The van der Waals surface area contributed by atoms with E-state index in [-0.39, 0.29) is 30.4 Å². The molecule has 0 aliphatic carbocycles. The lowest BCUT2D eigenvalue weighted by molar-refractivity contribution is -0.121. The second-order valence-electron chi connectivity index (χ2n) is 6.86. The Hall–Kier alpha value is -2.38. The minimum atomic E-state index is -0.510. The van der Waals surface area contributed by atoms with E-state index in [1.165, 1.54) is 7.11 Å². The summed E-state index contributed by atoms with van der Waals surface area (Å²) >= 11 is 0. The van der Waals surface area contributed by atoms with Gasteiger partial charge in [-0.25, -0.2) is 4.79 Å². The third-order valence-electron chi connectivity index (χ3n) is 4.55. The molecule has 7 heteroatoms. The van der Waals surface area contributed by atoms with E-state index in [2.05, 4.69) is 15.2 Å². The van der Waals surface area contributed by atoms with Crippen LogP contribution in [0.1, 0.15) is 29.9 Å². The number of anilines is 1. The summed E-state index contributed by atoms with van der Waals surface area (Å²) in [6.45, 7) is 7.59. The SMILES string of the molecule is COC(=O)c1[nH]c2cccc(C)c2c1NC(=O)CN1C[C@H](C)O[C@@H](C)C1. The van der Waals surface area contributed by atoms with Gasteiger partial charge >= 0.3 is 5.97 Å². The van der Waals surface area contributed by atoms with Crippen molar-refractivity contribution < 1.29 is 19.1 Å². The number of H-pyrrole nitrogens is 1. The van der Waals surface area contributed by atoms with Crippen LogP contribution in [0.15, 0.2) is 18.2 Å². The van der Waals surface area contributed by atoms with Gasteiger partial charge in [-0.2, -0.15) is 0 Å². The number of aromatic nitrogens is 1. The average Bonchev–Trinajstić information content (AvgIpc) is 2.92. The van der Waals surface area contributed by atoms with Crippen LogP contribution in [0.5, 0.6) is 0 Å². The summed E-state index contributed by atoms with van der Waals surface area (Å²) < 4.78 is 10.6.